The highest BCUT2D eigenvalue weighted by Gasteiger charge is 2.24. The number of hydrogen-bond acceptors (Lipinski definition) is 3. The molecule has 19 heavy (non-hydrogen) atoms. The number of nitrogens with one attached hydrogen (secondary N) is 1. The topological polar surface area (TPSA) is 24.5 Å². The van der Waals surface area contributed by atoms with Gasteiger partial charge in [0.1, 0.15) is 0 Å². The van der Waals surface area contributed by atoms with E-state index in [0.717, 1.165) is 37.6 Å². The molecule has 0 saturated heterocycles. The number of nitrogens with zero attached hydrogens (tertiary/aromatic N) is 1. The van der Waals surface area contributed by atoms with Crippen LogP contribution in [0, 0.1) is 11.8 Å². The molecule has 0 aromatic carbocycles. The molecule has 0 bridgehead atoms. The molecule has 0 aromatic rings. The molecule has 0 aliphatic heterocycles. The summed E-state index contributed by atoms with van der Waals surface area (Å²) in [4.78, 5) is 2.47. The Morgan fingerprint density at radius 3 is 2.63 bits per heavy atom. The summed E-state index contributed by atoms with van der Waals surface area (Å²) in [5.74, 6) is 1.71. The Hall–Kier alpha value is -0.120. The van der Waals surface area contributed by atoms with Crippen LogP contribution in [0.25, 0.3) is 0 Å². The molecule has 0 radical (unpaired) electrons. The number of likely N-dealkylation sites (N-methyl/N-ethyl adjacent to an activating group) is 1. The highest BCUT2D eigenvalue weighted by atomic mass is 16.5. The van der Waals surface area contributed by atoms with Crippen molar-refractivity contribution in [3.05, 3.63) is 0 Å². The van der Waals surface area contributed by atoms with Crippen molar-refractivity contribution in [1.29, 1.82) is 0 Å². The summed E-state index contributed by atoms with van der Waals surface area (Å²) in [5.41, 5.74) is 0. The molecule has 3 nitrogen and oxygen atoms in total. The van der Waals surface area contributed by atoms with Gasteiger partial charge in [-0.05, 0) is 51.6 Å². The van der Waals surface area contributed by atoms with Crippen molar-refractivity contribution in [3.8, 4) is 0 Å². The fraction of sp³-hybridized carbons (Fsp3) is 1.00. The van der Waals surface area contributed by atoms with E-state index < -0.39 is 0 Å². The van der Waals surface area contributed by atoms with Crippen molar-refractivity contribution in [1.82, 2.24) is 10.2 Å². The van der Waals surface area contributed by atoms with E-state index in [2.05, 4.69) is 24.3 Å². The Balaban J connectivity index is 1.61. The van der Waals surface area contributed by atoms with Gasteiger partial charge in [0.05, 0.1) is 6.61 Å². The fourth-order valence-corrected chi connectivity index (χ4v) is 3.23. The van der Waals surface area contributed by atoms with Crippen LogP contribution in [0.2, 0.25) is 0 Å². The zero-order valence-corrected chi connectivity index (χ0v) is 12.9. The summed E-state index contributed by atoms with van der Waals surface area (Å²) >= 11 is 0. The summed E-state index contributed by atoms with van der Waals surface area (Å²) in [6.07, 6.45) is 9.75. The quantitative estimate of drug-likeness (QED) is 0.541. The lowest BCUT2D eigenvalue weighted by Gasteiger charge is -2.29. The minimum absolute atomic E-state index is 0.720. The van der Waals surface area contributed by atoms with Crippen LogP contribution in [0.1, 0.15) is 44.9 Å². The second kappa shape index (κ2) is 8.23. The highest BCUT2D eigenvalue weighted by molar-refractivity contribution is 4.80. The number of ether oxygens (including phenoxy) is 1. The maximum atomic E-state index is 5.74. The summed E-state index contributed by atoms with van der Waals surface area (Å²) in [6, 6.07) is 0.720. The third kappa shape index (κ3) is 5.80. The van der Waals surface area contributed by atoms with Crippen LogP contribution < -0.4 is 5.32 Å². The first kappa shape index (κ1) is 15.3. The van der Waals surface area contributed by atoms with Crippen molar-refractivity contribution in [2.75, 3.05) is 40.4 Å². The molecule has 1 N–H and O–H groups in total. The van der Waals surface area contributed by atoms with E-state index in [0.29, 0.717) is 0 Å². The third-order valence-corrected chi connectivity index (χ3v) is 4.74. The van der Waals surface area contributed by atoms with Crippen LogP contribution in [0.15, 0.2) is 0 Å². The van der Waals surface area contributed by atoms with Crippen LogP contribution in [0.4, 0.5) is 0 Å². The van der Waals surface area contributed by atoms with Crippen LogP contribution >= 0.6 is 0 Å². The largest absolute Gasteiger partial charge is 0.380 e. The molecule has 3 heteroatoms. The minimum Gasteiger partial charge on any atom is -0.380 e. The molecule has 2 unspecified atom stereocenters. The third-order valence-electron chi connectivity index (χ3n) is 4.74. The Morgan fingerprint density at radius 2 is 1.89 bits per heavy atom. The zero-order chi connectivity index (χ0) is 13.5. The second-order valence-corrected chi connectivity index (χ2v) is 6.57. The second-order valence-electron chi connectivity index (χ2n) is 6.57. The Morgan fingerprint density at radius 1 is 1.11 bits per heavy atom. The molecule has 0 spiro atoms. The Bertz CT molecular complexity index is 243. The van der Waals surface area contributed by atoms with Gasteiger partial charge in [-0.15, -0.1) is 0 Å². The predicted molar refractivity (Wildman–Crippen MR) is 80.5 cm³/mol. The lowest BCUT2D eigenvalue weighted by atomic mass is 9.94. The minimum atomic E-state index is 0.720. The maximum Gasteiger partial charge on any atom is 0.0593 e. The molecule has 2 fully saturated rings. The molecule has 2 aliphatic rings. The SMILES string of the molecule is CNC1CCCCCC1CN(C)CCOCC1CC1. The van der Waals surface area contributed by atoms with Gasteiger partial charge in [0.2, 0.25) is 0 Å². The van der Waals surface area contributed by atoms with Crippen LogP contribution in [0.5, 0.6) is 0 Å². The zero-order valence-electron chi connectivity index (χ0n) is 12.9. The van der Waals surface area contributed by atoms with E-state index in [1.165, 1.54) is 51.5 Å². The van der Waals surface area contributed by atoms with Gasteiger partial charge < -0.3 is 15.0 Å². The van der Waals surface area contributed by atoms with E-state index in [4.69, 9.17) is 4.74 Å². The van der Waals surface area contributed by atoms with Crippen molar-refractivity contribution >= 4 is 0 Å². The highest BCUT2D eigenvalue weighted by Crippen LogP contribution is 2.28. The lowest BCUT2D eigenvalue weighted by molar-refractivity contribution is 0.0962. The van der Waals surface area contributed by atoms with E-state index in [1.54, 1.807) is 0 Å². The van der Waals surface area contributed by atoms with Gasteiger partial charge >= 0.3 is 0 Å². The number of hydrogen-bond donors (Lipinski definition) is 1. The predicted octanol–water partition coefficient (Wildman–Crippen LogP) is 2.51. The first-order valence-electron chi connectivity index (χ1n) is 8.23. The van der Waals surface area contributed by atoms with Gasteiger partial charge in [0.25, 0.3) is 0 Å². The molecule has 2 saturated carbocycles. The molecular weight excluding hydrogens is 236 g/mol. The van der Waals surface area contributed by atoms with Gasteiger partial charge in [-0.25, -0.2) is 0 Å². The summed E-state index contributed by atoms with van der Waals surface area (Å²) in [6.45, 7) is 4.21. The van der Waals surface area contributed by atoms with Crippen molar-refractivity contribution in [3.63, 3.8) is 0 Å². The molecule has 0 heterocycles. The summed E-state index contributed by atoms with van der Waals surface area (Å²) < 4.78 is 5.74. The molecule has 2 aliphatic carbocycles. The van der Waals surface area contributed by atoms with Gasteiger partial charge in [0.15, 0.2) is 0 Å². The molecule has 2 atom stereocenters. The van der Waals surface area contributed by atoms with Crippen LogP contribution in [-0.2, 0) is 4.74 Å². The van der Waals surface area contributed by atoms with Crippen molar-refractivity contribution in [2.45, 2.75) is 51.0 Å². The van der Waals surface area contributed by atoms with Gasteiger partial charge in [-0.1, -0.05) is 19.3 Å². The monoisotopic (exact) mass is 268 g/mol. The smallest absolute Gasteiger partial charge is 0.0593 e. The molecule has 0 amide bonds. The van der Waals surface area contributed by atoms with Gasteiger partial charge in [-0.2, -0.15) is 0 Å². The fourth-order valence-electron chi connectivity index (χ4n) is 3.23. The first-order chi connectivity index (χ1) is 9.29. The van der Waals surface area contributed by atoms with E-state index in [1.807, 2.05) is 0 Å². The maximum absolute atomic E-state index is 5.74. The average Bonchev–Trinajstić information content (AvgIpc) is 3.22. The van der Waals surface area contributed by atoms with Crippen molar-refractivity contribution < 1.29 is 4.74 Å². The van der Waals surface area contributed by atoms with E-state index >= 15 is 0 Å². The molecular formula is C16H32N2O. The molecule has 112 valence electrons. The molecule has 2 rings (SSSR count). The van der Waals surface area contributed by atoms with Gasteiger partial charge in [0, 0.05) is 25.7 Å². The van der Waals surface area contributed by atoms with E-state index in [-0.39, 0.29) is 0 Å². The van der Waals surface area contributed by atoms with Crippen LogP contribution in [0.3, 0.4) is 0 Å². The van der Waals surface area contributed by atoms with Crippen LogP contribution in [-0.4, -0.2) is 51.3 Å². The Labute approximate surface area is 119 Å². The number of rotatable bonds is 8. The van der Waals surface area contributed by atoms with Gasteiger partial charge in [-0.3, -0.25) is 0 Å². The molecule has 0 aromatic heterocycles. The van der Waals surface area contributed by atoms with E-state index in [9.17, 15) is 0 Å². The normalized spacial score (nSPS) is 28.6. The standard InChI is InChI=1S/C16H32N2O/c1-17-16-7-5-3-4-6-15(16)12-18(2)10-11-19-13-14-8-9-14/h14-17H,3-13H2,1-2H3. The lowest BCUT2D eigenvalue weighted by Crippen LogP contribution is -2.40. The first-order valence-corrected chi connectivity index (χ1v) is 8.23. The Kier molecular flexibility index (Phi) is 6.62. The summed E-state index contributed by atoms with van der Waals surface area (Å²) in [7, 11) is 4.37. The van der Waals surface area contributed by atoms with Crippen molar-refractivity contribution in [2.24, 2.45) is 11.8 Å². The summed E-state index contributed by atoms with van der Waals surface area (Å²) in [5, 5.41) is 3.53. The average molecular weight is 268 g/mol.